The first-order chi connectivity index (χ1) is 8.09. The van der Waals surface area contributed by atoms with Crippen molar-refractivity contribution in [1.29, 1.82) is 0 Å². The van der Waals surface area contributed by atoms with E-state index in [4.69, 9.17) is 0 Å². The summed E-state index contributed by atoms with van der Waals surface area (Å²) in [7, 11) is 0. The third kappa shape index (κ3) is 1.39. The van der Waals surface area contributed by atoms with Gasteiger partial charge in [0.1, 0.15) is 0 Å². The molecule has 1 saturated carbocycles. The Kier molecular flexibility index (Phi) is 2.05. The minimum absolute atomic E-state index is 0.124. The average molecular weight is 228 g/mol. The van der Waals surface area contributed by atoms with Gasteiger partial charge in [-0.2, -0.15) is 0 Å². The number of para-hydroxylation sites is 2. The van der Waals surface area contributed by atoms with Crippen LogP contribution in [0.3, 0.4) is 0 Å². The molecule has 0 amide bonds. The molecule has 3 heteroatoms. The molecule has 1 N–H and O–H groups in total. The van der Waals surface area contributed by atoms with E-state index >= 15 is 0 Å². The summed E-state index contributed by atoms with van der Waals surface area (Å²) in [5.41, 5.74) is 2.66. The van der Waals surface area contributed by atoms with Crippen LogP contribution in [0.5, 0.6) is 0 Å². The van der Waals surface area contributed by atoms with Crippen LogP contribution < -0.4 is 0 Å². The van der Waals surface area contributed by atoms with E-state index in [1.165, 1.54) is 0 Å². The van der Waals surface area contributed by atoms with Crippen molar-refractivity contribution in [1.82, 2.24) is 9.97 Å². The number of aromatic nitrogens is 2. The largest absolute Gasteiger partial charge is 0.395 e. The zero-order valence-electron chi connectivity index (χ0n) is 10.1. The molecule has 1 aliphatic carbocycles. The summed E-state index contributed by atoms with van der Waals surface area (Å²) >= 11 is 0. The molecule has 1 aromatic heterocycles. The lowest BCUT2D eigenvalue weighted by Crippen LogP contribution is -2.21. The first kappa shape index (κ1) is 10.7. The van der Waals surface area contributed by atoms with Crippen molar-refractivity contribution >= 4 is 11.0 Å². The van der Waals surface area contributed by atoms with Gasteiger partial charge in [0, 0.05) is 11.6 Å². The van der Waals surface area contributed by atoms with Crippen LogP contribution in [-0.4, -0.2) is 21.7 Å². The van der Waals surface area contributed by atoms with Gasteiger partial charge < -0.3 is 5.11 Å². The molecule has 88 valence electrons. The highest BCUT2D eigenvalue weighted by Crippen LogP contribution is 2.63. The van der Waals surface area contributed by atoms with Crippen molar-refractivity contribution in [2.75, 3.05) is 6.61 Å². The number of aliphatic hydroxyl groups is 1. The molecule has 0 aliphatic heterocycles. The Hall–Kier alpha value is -1.48. The smallest absolute Gasteiger partial charge is 0.0890 e. The molecule has 0 bridgehead atoms. The lowest BCUT2D eigenvalue weighted by molar-refractivity contribution is 0.228. The van der Waals surface area contributed by atoms with E-state index in [0.29, 0.717) is 0 Å². The normalized spacial score (nSPS) is 26.1. The summed E-state index contributed by atoms with van der Waals surface area (Å²) in [5.74, 6) is 0. The molecule has 1 heterocycles. The van der Waals surface area contributed by atoms with Gasteiger partial charge in [0.25, 0.3) is 0 Å². The monoisotopic (exact) mass is 228 g/mol. The highest BCUT2D eigenvalue weighted by Gasteiger charge is 2.62. The second-order valence-electron chi connectivity index (χ2n) is 5.54. The molecule has 1 atom stereocenters. The van der Waals surface area contributed by atoms with Gasteiger partial charge in [-0.05, 0) is 24.0 Å². The summed E-state index contributed by atoms with van der Waals surface area (Å²) in [4.78, 5) is 9.08. The molecule has 1 fully saturated rings. The number of hydrogen-bond donors (Lipinski definition) is 1. The summed E-state index contributed by atoms with van der Waals surface area (Å²) in [5, 5.41) is 9.65. The fourth-order valence-electron chi connectivity index (χ4n) is 2.69. The molecular weight excluding hydrogens is 212 g/mol. The van der Waals surface area contributed by atoms with Gasteiger partial charge >= 0.3 is 0 Å². The van der Waals surface area contributed by atoms with E-state index in [2.05, 4.69) is 23.8 Å². The molecule has 17 heavy (non-hydrogen) atoms. The van der Waals surface area contributed by atoms with Crippen molar-refractivity contribution in [2.45, 2.75) is 25.7 Å². The maximum atomic E-state index is 9.65. The van der Waals surface area contributed by atoms with Crippen LogP contribution in [0.15, 0.2) is 30.5 Å². The molecular formula is C14H16N2O. The molecule has 1 aliphatic rings. The Morgan fingerprint density at radius 3 is 2.47 bits per heavy atom. The summed E-state index contributed by atoms with van der Waals surface area (Å²) in [6.45, 7) is 4.48. The van der Waals surface area contributed by atoms with Crippen LogP contribution in [0.1, 0.15) is 26.0 Å². The van der Waals surface area contributed by atoms with Crippen LogP contribution in [0.4, 0.5) is 0 Å². The van der Waals surface area contributed by atoms with Crippen LogP contribution >= 0.6 is 0 Å². The number of benzene rings is 1. The van der Waals surface area contributed by atoms with Crippen LogP contribution in [0, 0.1) is 5.41 Å². The van der Waals surface area contributed by atoms with Gasteiger partial charge in [-0.25, -0.2) is 4.98 Å². The second-order valence-corrected chi connectivity index (χ2v) is 5.54. The first-order valence-corrected chi connectivity index (χ1v) is 5.92. The Bertz CT molecular complexity index is 579. The minimum atomic E-state index is -0.190. The van der Waals surface area contributed by atoms with Crippen molar-refractivity contribution in [2.24, 2.45) is 5.41 Å². The Morgan fingerprint density at radius 1 is 1.24 bits per heavy atom. The Morgan fingerprint density at radius 2 is 1.88 bits per heavy atom. The van der Waals surface area contributed by atoms with E-state index in [0.717, 1.165) is 23.1 Å². The van der Waals surface area contributed by atoms with Gasteiger partial charge in [-0.15, -0.1) is 0 Å². The van der Waals surface area contributed by atoms with Crippen molar-refractivity contribution in [3.05, 3.63) is 36.2 Å². The predicted octanol–water partition coefficient (Wildman–Crippen LogP) is 2.29. The molecule has 0 spiro atoms. The van der Waals surface area contributed by atoms with E-state index in [1.54, 1.807) is 0 Å². The van der Waals surface area contributed by atoms with Crippen molar-refractivity contribution in [3.8, 4) is 0 Å². The Balaban J connectivity index is 2.13. The SMILES string of the molecule is CC1(C)CC1(CO)c1cnc2ccccc2n1. The fraction of sp³-hybridized carbons (Fsp3) is 0.429. The topological polar surface area (TPSA) is 46.0 Å². The summed E-state index contributed by atoms with van der Waals surface area (Å²) < 4.78 is 0. The first-order valence-electron chi connectivity index (χ1n) is 5.92. The lowest BCUT2D eigenvalue weighted by atomic mass is 9.93. The molecule has 3 nitrogen and oxygen atoms in total. The highest BCUT2D eigenvalue weighted by molar-refractivity contribution is 5.73. The Labute approximate surface area is 101 Å². The molecule has 0 saturated heterocycles. The van der Waals surface area contributed by atoms with E-state index < -0.39 is 0 Å². The van der Waals surface area contributed by atoms with Crippen LogP contribution in [0.2, 0.25) is 0 Å². The number of rotatable bonds is 2. The average Bonchev–Trinajstić information content (AvgIpc) is 2.92. The van der Waals surface area contributed by atoms with Gasteiger partial charge in [-0.1, -0.05) is 26.0 Å². The molecule has 0 radical (unpaired) electrons. The van der Waals surface area contributed by atoms with Gasteiger partial charge in [0.15, 0.2) is 0 Å². The van der Waals surface area contributed by atoms with Gasteiger partial charge in [-0.3, -0.25) is 4.98 Å². The van der Waals surface area contributed by atoms with E-state index in [1.807, 2.05) is 30.5 Å². The molecule has 1 unspecified atom stereocenters. The van der Waals surface area contributed by atoms with Crippen molar-refractivity contribution < 1.29 is 5.11 Å². The lowest BCUT2D eigenvalue weighted by Gasteiger charge is -2.17. The van der Waals surface area contributed by atoms with E-state index in [9.17, 15) is 5.11 Å². The minimum Gasteiger partial charge on any atom is -0.395 e. The van der Waals surface area contributed by atoms with Gasteiger partial charge in [0.05, 0.1) is 23.3 Å². The predicted molar refractivity (Wildman–Crippen MR) is 66.7 cm³/mol. The molecule has 3 rings (SSSR count). The number of hydrogen-bond acceptors (Lipinski definition) is 3. The van der Waals surface area contributed by atoms with Crippen LogP contribution in [-0.2, 0) is 5.41 Å². The zero-order chi connectivity index (χ0) is 12.1. The summed E-state index contributed by atoms with van der Waals surface area (Å²) in [6.07, 6.45) is 2.79. The maximum Gasteiger partial charge on any atom is 0.0890 e. The summed E-state index contributed by atoms with van der Waals surface area (Å²) in [6, 6.07) is 7.84. The standard InChI is InChI=1S/C14H16N2O/c1-13(2)8-14(13,9-17)12-7-15-10-5-3-4-6-11(10)16-12/h3-7,17H,8-9H2,1-2H3. The third-order valence-electron chi connectivity index (χ3n) is 4.12. The van der Waals surface area contributed by atoms with Gasteiger partial charge in [0.2, 0.25) is 0 Å². The van der Waals surface area contributed by atoms with Crippen LogP contribution in [0.25, 0.3) is 11.0 Å². The highest BCUT2D eigenvalue weighted by atomic mass is 16.3. The quantitative estimate of drug-likeness (QED) is 0.857. The third-order valence-corrected chi connectivity index (χ3v) is 4.12. The molecule has 2 aromatic rings. The van der Waals surface area contributed by atoms with Crippen molar-refractivity contribution in [3.63, 3.8) is 0 Å². The maximum absolute atomic E-state index is 9.65. The number of fused-ring (bicyclic) bond motifs is 1. The number of aliphatic hydroxyl groups excluding tert-OH is 1. The number of nitrogens with zero attached hydrogens (tertiary/aromatic N) is 2. The zero-order valence-corrected chi connectivity index (χ0v) is 10.1. The fourth-order valence-corrected chi connectivity index (χ4v) is 2.69. The molecule has 1 aromatic carbocycles. The van der Waals surface area contributed by atoms with E-state index in [-0.39, 0.29) is 17.4 Å². The second kappa shape index (κ2) is 3.26.